The Morgan fingerprint density at radius 2 is 1.67 bits per heavy atom. The molecule has 18 heavy (non-hydrogen) atoms. The predicted molar refractivity (Wildman–Crippen MR) is 72.6 cm³/mol. The fourth-order valence-corrected chi connectivity index (χ4v) is 2.51. The molecule has 0 fully saturated rings. The van der Waals surface area contributed by atoms with Crippen LogP contribution >= 0.6 is 0 Å². The van der Waals surface area contributed by atoms with E-state index >= 15 is 0 Å². The summed E-state index contributed by atoms with van der Waals surface area (Å²) >= 11 is 0. The van der Waals surface area contributed by atoms with Crippen LogP contribution in [0.2, 0.25) is 0 Å². The maximum absolute atomic E-state index is 12.3. The van der Waals surface area contributed by atoms with Gasteiger partial charge in [-0.05, 0) is 30.0 Å². The smallest absolute Gasteiger partial charge is 0.231 e. The second-order valence-corrected chi connectivity index (χ2v) is 4.65. The minimum Gasteiger partial charge on any atom is -0.325 e. The number of nitrogens with one attached hydrogen (secondary N) is 1. The number of fused-ring (bicyclic) bond motifs is 1. The van der Waals surface area contributed by atoms with E-state index in [0.29, 0.717) is 0 Å². The highest BCUT2D eigenvalue weighted by Gasteiger charge is 2.24. The molecule has 0 aliphatic carbocycles. The normalized spacial score (nSPS) is 18.7. The third kappa shape index (κ3) is 2.02. The number of rotatable bonds is 1. The molecule has 0 aromatic heterocycles. The summed E-state index contributed by atoms with van der Waals surface area (Å²) in [4.78, 5) is 12.3. The van der Waals surface area contributed by atoms with Crippen molar-refractivity contribution in [3.8, 4) is 0 Å². The molecule has 0 saturated carbocycles. The highest BCUT2D eigenvalue weighted by Crippen LogP contribution is 2.29. The standard InChI is InChI=1S/C16H15NO/c18-16-14(12-6-2-1-3-7-12)11-10-13-8-4-5-9-15(13)17-16/h1-9,14H,10-11H2,(H,17,18). The van der Waals surface area contributed by atoms with Gasteiger partial charge in [-0.3, -0.25) is 4.79 Å². The number of hydrogen-bond acceptors (Lipinski definition) is 1. The first-order valence-electron chi connectivity index (χ1n) is 6.28. The Labute approximate surface area is 107 Å². The molecule has 1 N–H and O–H groups in total. The molecule has 90 valence electrons. The molecular weight excluding hydrogens is 222 g/mol. The molecule has 3 rings (SSSR count). The first-order valence-corrected chi connectivity index (χ1v) is 6.28. The van der Waals surface area contributed by atoms with Gasteiger partial charge < -0.3 is 5.32 Å². The molecule has 2 nitrogen and oxygen atoms in total. The van der Waals surface area contributed by atoms with Crippen molar-refractivity contribution in [3.05, 3.63) is 65.7 Å². The van der Waals surface area contributed by atoms with Gasteiger partial charge in [0.25, 0.3) is 0 Å². The second-order valence-electron chi connectivity index (χ2n) is 4.65. The molecule has 0 saturated heterocycles. The average molecular weight is 237 g/mol. The zero-order chi connectivity index (χ0) is 12.4. The number of benzene rings is 2. The van der Waals surface area contributed by atoms with Gasteiger partial charge in [-0.1, -0.05) is 48.5 Å². The summed E-state index contributed by atoms with van der Waals surface area (Å²) in [5.74, 6) is 0.0600. The summed E-state index contributed by atoms with van der Waals surface area (Å²) in [6.07, 6.45) is 1.81. The van der Waals surface area contributed by atoms with Crippen LogP contribution in [0, 0.1) is 0 Å². The third-order valence-electron chi connectivity index (χ3n) is 3.50. The molecule has 1 aliphatic rings. The first-order chi connectivity index (χ1) is 8.84. The Hall–Kier alpha value is -2.09. The third-order valence-corrected chi connectivity index (χ3v) is 3.50. The molecule has 1 unspecified atom stereocenters. The van der Waals surface area contributed by atoms with E-state index in [1.54, 1.807) is 0 Å². The van der Waals surface area contributed by atoms with Crippen LogP contribution in [0.25, 0.3) is 0 Å². The van der Waals surface area contributed by atoms with E-state index in [4.69, 9.17) is 0 Å². The van der Waals surface area contributed by atoms with Gasteiger partial charge >= 0.3 is 0 Å². The largest absolute Gasteiger partial charge is 0.325 e. The Balaban J connectivity index is 1.92. The fraction of sp³-hybridized carbons (Fsp3) is 0.188. The minimum atomic E-state index is -0.0430. The summed E-state index contributed by atoms with van der Waals surface area (Å²) in [5.41, 5.74) is 3.29. The van der Waals surface area contributed by atoms with Gasteiger partial charge in [0.2, 0.25) is 5.91 Å². The maximum atomic E-state index is 12.3. The van der Waals surface area contributed by atoms with Gasteiger partial charge in [0.1, 0.15) is 0 Å². The van der Waals surface area contributed by atoms with Gasteiger partial charge in [-0.25, -0.2) is 0 Å². The summed E-state index contributed by atoms with van der Waals surface area (Å²) in [5, 5.41) is 3.03. The van der Waals surface area contributed by atoms with E-state index in [-0.39, 0.29) is 11.8 Å². The van der Waals surface area contributed by atoms with E-state index in [2.05, 4.69) is 11.4 Å². The number of aryl methyl sites for hydroxylation is 1. The predicted octanol–water partition coefficient (Wildman–Crippen LogP) is 3.36. The van der Waals surface area contributed by atoms with Crippen LogP contribution in [-0.4, -0.2) is 5.91 Å². The summed E-state index contributed by atoms with van der Waals surface area (Å²) < 4.78 is 0. The fourth-order valence-electron chi connectivity index (χ4n) is 2.51. The molecule has 2 aromatic rings. The van der Waals surface area contributed by atoms with Crippen LogP contribution < -0.4 is 5.32 Å². The van der Waals surface area contributed by atoms with Crippen molar-refractivity contribution in [2.24, 2.45) is 0 Å². The highest BCUT2D eigenvalue weighted by atomic mass is 16.1. The number of hydrogen-bond donors (Lipinski definition) is 1. The van der Waals surface area contributed by atoms with Crippen LogP contribution in [0.5, 0.6) is 0 Å². The van der Waals surface area contributed by atoms with Crippen molar-refractivity contribution < 1.29 is 4.79 Å². The van der Waals surface area contributed by atoms with Crippen molar-refractivity contribution in [2.45, 2.75) is 18.8 Å². The lowest BCUT2D eigenvalue weighted by Gasteiger charge is -2.13. The van der Waals surface area contributed by atoms with Gasteiger partial charge in [0, 0.05) is 5.69 Å². The Morgan fingerprint density at radius 1 is 0.944 bits per heavy atom. The second kappa shape index (κ2) is 4.65. The van der Waals surface area contributed by atoms with Crippen LogP contribution in [0.4, 0.5) is 5.69 Å². The number of amides is 1. The Morgan fingerprint density at radius 3 is 2.50 bits per heavy atom. The van der Waals surface area contributed by atoms with Crippen molar-refractivity contribution >= 4 is 11.6 Å². The van der Waals surface area contributed by atoms with Crippen LogP contribution in [-0.2, 0) is 11.2 Å². The van der Waals surface area contributed by atoms with E-state index in [9.17, 15) is 4.79 Å². The van der Waals surface area contributed by atoms with E-state index in [1.807, 2.05) is 48.5 Å². The lowest BCUT2D eigenvalue weighted by Crippen LogP contribution is -2.19. The van der Waals surface area contributed by atoms with Crippen molar-refractivity contribution in [3.63, 3.8) is 0 Å². The topological polar surface area (TPSA) is 29.1 Å². The van der Waals surface area contributed by atoms with Crippen LogP contribution in [0.3, 0.4) is 0 Å². The summed E-state index contributed by atoms with van der Waals surface area (Å²) in [7, 11) is 0. The maximum Gasteiger partial charge on any atom is 0.231 e. The summed E-state index contributed by atoms with van der Waals surface area (Å²) in [6, 6.07) is 18.0. The molecule has 1 aliphatic heterocycles. The monoisotopic (exact) mass is 237 g/mol. The molecule has 0 radical (unpaired) electrons. The minimum absolute atomic E-state index is 0.0430. The summed E-state index contributed by atoms with van der Waals surface area (Å²) in [6.45, 7) is 0. The number of para-hydroxylation sites is 1. The van der Waals surface area contributed by atoms with Crippen molar-refractivity contribution in [2.75, 3.05) is 5.32 Å². The van der Waals surface area contributed by atoms with Gasteiger partial charge in [-0.2, -0.15) is 0 Å². The Bertz CT molecular complexity index is 562. The molecular formula is C16H15NO. The zero-order valence-corrected chi connectivity index (χ0v) is 10.1. The van der Waals surface area contributed by atoms with E-state index < -0.39 is 0 Å². The molecule has 1 heterocycles. The lowest BCUT2D eigenvalue weighted by molar-refractivity contribution is -0.117. The molecule has 2 heteroatoms. The molecule has 2 aromatic carbocycles. The number of anilines is 1. The molecule has 0 bridgehead atoms. The first kappa shape index (κ1) is 11.0. The molecule has 1 amide bonds. The van der Waals surface area contributed by atoms with Gasteiger partial charge in [-0.15, -0.1) is 0 Å². The van der Waals surface area contributed by atoms with Gasteiger partial charge in [0.05, 0.1) is 5.92 Å². The number of carbonyl (C=O) groups is 1. The SMILES string of the molecule is O=C1Nc2ccccc2CCC1c1ccccc1. The quantitative estimate of drug-likeness (QED) is 0.809. The van der Waals surface area contributed by atoms with Gasteiger partial charge in [0.15, 0.2) is 0 Å². The zero-order valence-electron chi connectivity index (χ0n) is 10.1. The number of carbonyl (C=O) groups excluding carboxylic acids is 1. The lowest BCUT2D eigenvalue weighted by atomic mass is 9.93. The van der Waals surface area contributed by atoms with Crippen LogP contribution in [0.1, 0.15) is 23.5 Å². The van der Waals surface area contributed by atoms with Crippen molar-refractivity contribution in [1.82, 2.24) is 0 Å². The average Bonchev–Trinajstić information content (AvgIpc) is 2.58. The van der Waals surface area contributed by atoms with Crippen molar-refractivity contribution in [1.29, 1.82) is 0 Å². The highest BCUT2D eigenvalue weighted by molar-refractivity contribution is 5.97. The van der Waals surface area contributed by atoms with E-state index in [1.165, 1.54) is 5.56 Å². The molecule has 0 spiro atoms. The Kier molecular flexibility index (Phi) is 2.85. The van der Waals surface area contributed by atoms with E-state index in [0.717, 1.165) is 24.1 Å². The van der Waals surface area contributed by atoms with Crippen LogP contribution in [0.15, 0.2) is 54.6 Å². The molecule has 1 atom stereocenters.